The van der Waals surface area contributed by atoms with Gasteiger partial charge in [0.2, 0.25) is 6.41 Å². The molecule has 3 aromatic rings. The topological polar surface area (TPSA) is 69.0 Å². The van der Waals surface area contributed by atoms with Crippen LogP contribution in [0.3, 0.4) is 0 Å². The zero-order chi connectivity index (χ0) is 19.6. The van der Waals surface area contributed by atoms with Crippen LogP contribution in [0.4, 0.5) is 14.6 Å². The number of carbonyl (C=O) groups is 1. The Hall–Kier alpha value is -2.86. The monoisotopic (exact) mass is 390 g/mol. The molecule has 0 saturated heterocycles. The highest BCUT2D eigenvalue weighted by atomic mass is 31.0. The van der Waals surface area contributed by atoms with Crippen molar-refractivity contribution in [1.82, 2.24) is 14.8 Å². The van der Waals surface area contributed by atoms with Crippen molar-refractivity contribution < 1.29 is 18.3 Å². The number of nitrogens with zero attached hydrogens (tertiary/aromatic N) is 3. The molecule has 1 aromatic carbocycles. The Morgan fingerprint density at radius 2 is 2.00 bits per heavy atom. The third-order valence-electron chi connectivity index (χ3n) is 3.55. The highest BCUT2D eigenvalue weighted by molar-refractivity contribution is 7.27. The molecule has 1 amide bonds. The molecule has 0 aliphatic rings. The molecule has 0 saturated carbocycles. The van der Waals surface area contributed by atoms with E-state index in [4.69, 9.17) is 4.74 Å². The van der Waals surface area contributed by atoms with Crippen LogP contribution in [-0.2, 0) is 4.79 Å². The summed E-state index contributed by atoms with van der Waals surface area (Å²) in [7, 11) is 2.54. The predicted molar refractivity (Wildman–Crippen MR) is 102 cm³/mol. The van der Waals surface area contributed by atoms with Crippen LogP contribution in [0.2, 0.25) is 0 Å². The average Bonchev–Trinajstić information content (AvgIpc) is 2.97. The van der Waals surface area contributed by atoms with Gasteiger partial charge in [0, 0.05) is 24.8 Å². The second-order valence-electron chi connectivity index (χ2n) is 6.01. The van der Waals surface area contributed by atoms with Crippen LogP contribution in [0.1, 0.15) is 12.5 Å². The Balaban J connectivity index is 2.14. The molecule has 1 unspecified atom stereocenters. The first-order valence-electron chi connectivity index (χ1n) is 7.95. The highest BCUT2D eigenvalue weighted by Crippen LogP contribution is 2.31. The lowest BCUT2D eigenvalue weighted by Crippen LogP contribution is -2.19. The van der Waals surface area contributed by atoms with Gasteiger partial charge in [0.25, 0.3) is 0 Å². The summed E-state index contributed by atoms with van der Waals surface area (Å²) in [4.78, 5) is 14.9. The van der Waals surface area contributed by atoms with Crippen molar-refractivity contribution in [2.45, 2.75) is 20.0 Å². The van der Waals surface area contributed by atoms with Crippen LogP contribution in [-0.4, -0.2) is 27.3 Å². The fourth-order valence-corrected chi connectivity index (χ4v) is 2.89. The van der Waals surface area contributed by atoms with Gasteiger partial charge in [-0.25, -0.2) is 4.68 Å². The zero-order valence-electron chi connectivity index (χ0n) is 14.6. The average molecular weight is 390 g/mol. The smallest absolute Gasteiger partial charge is 0.394 e. The van der Waals surface area contributed by atoms with Crippen LogP contribution < -0.4 is 15.4 Å². The molecule has 3 rings (SSSR count). The van der Waals surface area contributed by atoms with Gasteiger partial charge in [-0.1, -0.05) is 0 Å². The molecule has 9 heteroatoms. The van der Waals surface area contributed by atoms with Gasteiger partial charge in [-0.3, -0.25) is 9.78 Å². The number of carbonyl (C=O) groups excluding carboxylic acids is 1. The quantitative estimate of drug-likeness (QED) is 0.518. The number of hydrogen-bond acceptors (Lipinski definition) is 4. The summed E-state index contributed by atoms with van der Waals surface area (Å²) in [5.41, 5.74) is 2.59. The minimum absolute atomic E-state index is 0.0352. The van der Waals surface area contributed by atoms with E-state index in [0.29, 0.717) is 36.1 Å². The normalized spacial score (nSPS) is 11.3. The molecule has 2 heterocycles. The number of pyridine rings is 1. The number of hydrogen-bond donors (Lipinski definition) is 1. The molecule has 1 N–H and O–H groups in total. The highest BCUT2D eigenvalue weighted by Gasteiger charge is 2.24. The third-order valence-corrected chi connectivity index (χ3v) is 3.87. The SMILES string of the molecule is Cc1cc(OC(C)(F)F)cc(-c2cc(NC=O)nn2-c2cncc(P)c2)c1. The fourth-order valence-electron chi connectivity index (χ4n) is 2.64. The number of rotatable bonds is 6. The number of aromatic nitrogens is 3. The molecule has 0 aliphatic carbocycles. The maximum absolute atomic E-state index is 13.3. The van der Waals surface area contributed by atoms with Gasteiger partial charge in [0.05, 0.1) is 17.6 Å². The molecule has 140 valence electrons. The van der Waals surface area contributed by atoms with E-state index >= 15 is 0 Å². The first kappa shape index (κ1) is 18.9. The van der Waals surface area contributed by atoms with E-state index in [2.05, 4.69) is 24.6 Å². The summed E-state index contributed by atoms with van der Waals surface area (Å²) in [6, 6.07) is 8.33. The zero-order valence-corrected chi connectivity index (χ0v) is 15.8. The number of ether oxygens (including phenoxy) is 1. The summed E-state index contributed by atoms with van der Waals surface area (Å²) in [5, 5.41) is 7.70. The van der Waals surface area contributed by atoms with Crippen LogP contribution >= 0.6 is 9.24 Å². The second kappa shape index (κ2) is 7.40. The Morgan fingerprint density at radius 3 is 2.67 bits per heavy atom. The fraction of sp³-hybridized carbons (Fsp3) is 0.167. The summed E-state index contributed by atoms with van der Waals surface area (Å²) >= 11 is 0. The van der Waals surface area contributed by atoms with E-state index in [0.717, 1.165) is 10.9 Å². The molecule has 27 heavy (non-hydrogen) atoms. The van der Waals surface area contributed by atoms with Crippen molar-refractivity contribution in [3.05, 3.63) is 48.3 Å². The number of nitrogens with one attached hydrogen (secondary N) is 1. The lowest BCUT2D eigenvalue weighted by atomic mass is 10.1. The minimum Gasteiger partial charge on any atom is -0.433 e. The summed E-state index contributed by atoms with van der Waals surface area (Å²) in [5.74, 6) is 0.354. The lowest BCUT2D eigenvalue weighted by Gasteiger charge is -2.15. The third kappa shape index (κ3) is 4.65. The number of alkyl halides is 2. The van der Waals surface area contributed by atoms with Crippen LogP contribution in [0, 0.1) is 6.92 Å². The number of halogens is 2. The number of anilines is 1. The number of aryl methyl sites for hydroxylation is 1. The van der Waals surface area contributed by atoms with Gasteiger partial charge in [-0.15, -0.1) is 14.3 Å². The first-order chi connectivity index (χ1) is 12.7. The number of benzene rings is 1. The summed E-state index contributed by atoms with van der Waals surface area (Å²) in [6.45, 7) is 2.46. The molecular weight excluding hydrogens is 373 g/mol. The molecule has 0 radical (unpaired) electrons. The van der Waals surface area contributed by atoms with Crippen molar-refractivity contribution in [3.63, 3.8) is 0 Å². The molecule has 1 atom stereocenters. The summed E-state index contributed by atoms with van der Waals surface area (Å²) in [6.07, 6.45) is 0.502. The molecule has 2 aromatic heterocycles. The first-order valence-corrected chi connectivity index (χ1v) is 8.53. The maximum Gasteiger partial charge on any atom is 0.394 e. The van der Waals surface area contributed by atoms with Crippen LogP contribution in [0.15, 0.2) is 42.7 Å². The molecule has 6 nitrogen and oxygen atoms in total. The molecule has 0 spiro atoms. The Morgan fingerprint density at radius 1 is 1.22 bits per heavy atom. The van der Waals surface area contributed by atoms with Crippen molar-refractivity contribution in [3.8, 4) is 22.7 Å². The standard InChI is InChI=1S/C18H17F2N4O2P/c1-11-3-12(5-14(4-11)26-18(2,19)20)16-7-17(22-10-25)23-24(16)13-6-15(27)9-21-8-13/h3-10H,27H2,1-2H3,(H,22,23,25). The van der Waals surface area contributed by atoms with E-state index in [9.17, 15) is 13.6 Å². The van der Waals surface area contributed by atoms with E-state index in [1.54, 1.807) is 30.1 Å². The van der Waals surface area contributed by atoms with Crippen LogP contribution in [0.5, 0.6) is 5.75 Å². The minimum atomic E-state index is -3.30. The summed E-state index contributed by atoms with van der Waals surface area (Å²) < 4.78 is 32.8. The van der Waals surface area contributed by atoms with Gasteiger partial charge in [0.1, 0.15) is 5.75 Å². The van der Waals surface area contributed by atoms with E-state index in [-0.39, 0.29) is 5.75 Å². The van der Waals surface area contributed by atoms with Crippen molar-refractivity contribution in [2.24, 2.45) is 0 Å². The van der Waals surface area contributed by atoms with Gasteiger partial charge in [-0.05, 0) is 42.1 Å². The van der Waals surface area contributed by atoms with Crippen molar-refractivity contribution in [1.29, 1.82) is 0 Å². The maximum atomic E-state index is 13.3. The van der Waals surface area contributed by atoms with E-state index in [1.807, 2.05) is 12.1 Å². The molecule has 0 fully saturated rings. The van der Waals surface area contributed by atoms with Gasteiger partial charge < -0.3 is 10.1 Å². The Bertz CT molecular complexity index is 986. The number of amides is 1. The van der Waals surface area contributed by atoms with E-state index in [1.165, 1.54) is 12.1 Å². The molecular formula is C18H17F2N4O2P. The van der Waals surface area contributed by atoms with Gasteiger partial charge >= 0.3 is 6.11 Å². The predicted octanol–water partition coefficient (Wildman–Crippen LogP) is 3.30. The molecule has 0 bridgehead atoms. The van der Waals surface area contributed by atoms with E-state index < -0.39 is 6.11 Å². The van der Waals surface area contributed by atoms with Gasteiger partial charge in [0.15, 0.2) is 5.82 Å². The largest absolute Gasteiger partial charge is 0.433 e. The Kier molecular flexibility index (Phi) is 5.19. The second-order valence-corrected chi connectivity index (χ2v) is 6.68. The van der Waals surface area contributed by atoms with Crippen molar-refractivity contribution in [2.75, 3.05) is 5.32 Å². The Labute approximate surface area is 156 Å². The van der Waals surface area contributed by atoms with Crippen molar-refractivity contribution >= 4 is 26.8 Å². The van der Waals surface area contributed by atoms with Gasteiger partial charge in [-0.2, -0.15) is 8.78 Å². The van der Waals surface area contributed by atoms with Crippen LogP contribution in [0.25, 0.3) is 16.9 Å². The lowest BCUT2D eigenvalue weighted by molar-refractivity contribution is -0.158. The molecule has 0 aliphatic heterocycles.